The van der Waals surface area contributed by atoms with E-state index in [9.17, 15) is 10.1 Å². The maximum absolute atomic E-state index is 10.8. The lowest BCUT2D eigenvalue weighted by molar-refractivity contribution is -0.384. The molecule has 23 heavy (non-hydrogen) atoms. The molecule has 2 N–H and O–H groups in total. The zero-order valence-electron chi connectivity index (χ0n) is 12.0. The summed E-state index contributed by atoms with van der Waals surface area (Å²) in [6.07, 6.45) is 2.75. The highest BCUT2D eigenvalue weighted by Gasteiger charge is 2.14. The average molecular weight is 350 g/mol. The fourth-order valence-corrected chi connectivity index (χ4v) is 3.10. The summed E-state index contributed by atoms with van der Waals surface area (Å²) in [7, 11) is 0. The number of halogens is 2. The standard InChI is InChI=1S/C16H13Cl2N3O2/c17-13-7-11(21(22)23)8-14(18)16(13)19-6-5-10-9-20-15-4-2-1-3-12(10)15/h1-4,7-9,19-20H,5-6H2. The number of fused-ring (bicyclic) bond motifs is 1. The van der Waals surface area contributed by atoms with Crippen LogP contribution in [0.25, 0.3) is 10.9 Å². The Morgan fingerprint density at radius 3 is 2.57 bits per heavy atom. The Kier molecular flexibility index (Phi) is 4.41. The number of hydrogen-bond donors (Lipinski definition) is 2. The second kappa shape index (κ2) is 6.48. The summed E-state index contributed by atoms with van der Waals surface area (Å²) < 4.78 is 0. The Hall–Kier alpha value is -2.24. The molecule has 0 saturated heterocycles. The lowest BCUT2D eigenvalue weighted by Gasteiger charge is -2.10. The van der Waals surface area contributed by atoms with E-state index in [0.29, 0.717) is 12.2 Å². The molecule has 0 atom stereocenters. The molecule has 2 aromatic carbocycles. The molecule has 0 saturated carbocycles. The van der Waals surface area contributed by atoms with Crippen molar-refractivity contribution in [3.8, 4) is 0 Å². The van der Waals surface area contributed by atoms with Crippen molar-refractivity contribution in [3.05, 3.63) is 68.3 Å². The fraction of sp³-hybridized carbons (Fsp3) is 0.125. The van der Waals surface area contributed by atoms with Crippen LogP contribution in [0.15, 0.2) is 42.6 Å². The predicted molar refractivity (Wildman–Crippen MR) is 93.6 cm³/mol. The number of anilines is 1. The first-order valence-electron chi connectivity index (χ1n) is 6.98. The van der Waals surface area contributed by atoms with Crippen LogP contribution >= 0.6 is 23.2 Å². The number of nitrogens with one attached hydrogen (secondary N) is 2. The van der Waals surface area contributed by atoms with Gasteiger partial charge in [0.05, 0.1) is 20.7 Å². The molecule has 0 amide bonds. The molecule has 118 valence electrons. The van der Waals surface area contributed by atoms with Crippen molar-refractivity contribution in [3.63, 3.8) is 0 Å². The third-order valence-electron chi connectivity index (χ3n) is 3.61. The topological polar surface area (TPSA) is 71.0 Å². The zero-order valence-corrected chi connectivity index (χ0v) is 13.5. The molecular formula is C16H13Cl2N3O2. The van der Waals surface area contributed by atoms with Crippen molar-refractivity contribution >= 4 is 45.5 Å². The van der Waals surface area contributed by atoms with Gasteiger partial charge >= 0.3 is 0 Å². The van der Waals surface area contributed by atoms with Gasteiger partial charge < -0.3 is 10.3 Å². The number of aromatic nitrogens is 1. The van der Waals surface area contributed by atoms with Crippen LogP contribution < -0.4 is 5.32 Å². The summed E-state index contributed by atoms with van der Waals surface area (Å²) in [5, 5.41) is 15.6. The summed E-state index contributed by atoms with van der Waals surface area (Å²) in [6.45, 7) is 0.610. The highest BCUT2D eigenvalue weighted by Crippen LogP contribution is 2.34. The number of benzene rings is 2. The normalized spacial score (nSPS) is 10.9. The molecule has 0 spiro atoms. The zero-order chi connectivity index (χ0) is 16.4. The van der Waals surface area contributed by atoms with Crippen molar-refractivity contribution in [2.75, 3.05) is 11.9 Å². The van der Waals surface area contributed by atoms with E-state index in [1.165, 1.54) is 23.1 Å². The number of H-pyrrole nitrogens is 1. The van der Waals surface area contributed by atoms with E-state index in [4.69, 9.17) is 23.2 Å². The van der Waals surface area contributed by atoms with Crippen LogP contribution in [-0.4, -0.2) is 16.5 Å². The minimum Gasteiger partial charge on any atom is -0.382 e. The van der Waals surface area contributed by atoms with Crippen molar-refractivity contribution in [2.24, 2.45) is 0 Å². The predicted octanol–water partition coefficient (Wildman–Crippen LogP) is 5.04. The van der Waals surface area contributed by atoms with Gasteiger partial charge in [0.1, 0.15) is 0 Å². The monoisotopic (exact) mass is 349 g/mol. The minimum absolute atomic E-state index is 0.123. The maximum Gasteiger partial charge on any atom is 0.272 e. The Bertz CT molecular complexity index is 854. The van der Waals surface area contributed by atoms with Crippen LogP contribution in [0.5, 0.6) is 0 Å². The lowest BCUT2D eigenvalue weighted by atomic mass is 10.1. The Labute approximate surface area is 142 Å². The molecule has 3 aromatic rings. The molecular weight excluding hydrogens is 337 g/mol. The SMILES string of the molecule is O=[N+]([O-])c1cc(Cl)c(NCCc2c[nH]c3ccccc23)c(Cl)c1. The van der Waals surface area contributed by atoms with Crippen molar-refractivity contribution < 1.29 is 4.92 Å². The van der Waals surface area contributed by atoms with Crippen LogP contribution in [0.3, 0.4) is 0 Å². The summed E-state index contributed by atoms with van der Waals surface area (Å²) in [6, 6.07) is 10.7. The highest BCUT2D eigenvalue weighted by molar-refractivity contribution is 6.39. The van der Waals surface area contributed by atoms with E-state index in [2.05, 4.69) is 16.4 Å². The molecule has 7 heteroatoms. The second-order valence-corrected chi connectivity index (χ2v) is 5.89. The second-order valence-electron chi connectivity index (χ2n) is 5.08. The molecule has 1 heterocycles. The van der Waals surface area contributed by atoms with Gasteiger partial charge in [-0.1, -0.05) is 41.4 Å². The molecule has 3 rings (SSSR count). The fourth-order valence-electron chi connectivity index (χ4n) is 2.49. The molecule has 0 aliphatic carbocycles. The molecule has 0 unspecified atom stereocenters. The third kappa shape index (κ3) is 3.25. The summed E-state index contributed by atoms with van der Waals surface area (Å²) >= 11 is 12.2. The molecule has 0 aliphatic heterocycles. The number of para-hydroxylation sites is 1. The first kappa shape index (κ1) is 15.6. The van der Waals surface area contributed by atoms with Gasteiger partial charge in [0.15, 0.2) is 0 Å². The number of nitro benzene ring substituents is 1. The largest absolute Gasteiger partial charge is 0.382 e. The maximum atomic E-state index is 10.8. The van der Waals surface area contributed by atoms with Crippen molar-refractivity contribution in [1.29, 1.82) is 0 Å². The Morgan fingerprint density at radius 2 is 1.87 bits per heavy atom. The van der Waals surface area contributed by atoms with Crippen LogP contribution in [-0.2, 0) is 6.42 Å². The van der Waals surface area contributed by atoms with Crippen LogP contribution in [0.4, 0.5) is 11.4 Å². The number of rotatable bonds is 5. The van der Waals surface area contributed by atoms with Gasteiger partial charge in [-0.15, -0.1) is 0 Å². The molecule has 1 aromatic heterocycles. The minimum atomic E-state index is -0.520. The van der Waals surface area contributed by atoms with Crippen LogP contribution in [0, 0.1) is 10.1 Å². The molecule has 0 radical (unpaired) electrons. The number of nitrogens with zero attached hydrogens (tertiary/aromatic N) is 1. The summed E-state index contributed by atoms with van der Waals surface area (Å²) in [5.41, 5.74) is 2.66. The van der Waals surface area contributed by atoms with E-state index in [-0.39, 0.29) is 15.7 Å². The van der Waals surface area contributed by atoms with E-state index >= 15 is 0 Å². The highest BCUT2D eigenvalue weighted by atomic mass is 35.5. The van der Waals surface area contributed by atoms with Crippen LogP contribution in [0.1, 0.15) is 5.56 Å². The quantitative estimate of drug-likeness (QED) is 0.500. The van der Waals surface area contributed by atoms with Gasteiger partial charge in [-0.2, -0.15) is 0 Å². The number of hydrogen-bond acceptors (Lipinski definition) is 3. The molecule has 0 fully saturated rings. The first-order valence-corrected chi connectivity index (χ1v) is 7.74. The van der Waals surface area contributed by atoms with E-state index in [0.717, 1.165) is 11.9 Å². The molecule has 0 aliphatic rings. The summed E-state index contributed by atoms with van der Waals surface area (Å²) in [5.74, 6) is 0. The molecule has 5 nitrogen and oxygen atoms in total. The van der Waals surface area contributed by atoms with E-state index in [1.54, 1.807) is 0 Å². The summed E-state index contributed by atoms with van der Waals surface area (Å²) in [4.78, 5) is 13.5. The third-order valence-corrected chi connectivity index (χ3v) is 4.20. The first-order chi connectivity index (χ1) is 11.1. The van der Waals surface area contributed by atoms with Gasteiger partial charge in [-0.25, -0.2) is 0 Å². The van der Waals surface area contributed by atoms with Gasteiger partial charge in [-0.05, 0) is 18.1 Å². The lowest BCUT2D eigenvalue weighted by Crippen LogP contribution is -2.06. The van der Waals surface area contributed by atoms with Crippen molar-refractivity contribution in [2.45, 2.75) is 6.42 Å². The van der Waals surface area contributed by atoms with Gasteiger partial charge in [-0.3, -0.25) is 10.1 Å². The van der Waals surface area contributed by atoms with Gasteiger partial charge in [0.2, 0.25) is 0 Å². The van der Waals surface area contributed by atoms with Gasteiger partial charge in [0.25, 0.3) is 5.69 Å². The van der Waals surface area contributed by atoms with Gasteiger partial charge in [0, 0.05) is 35.8 Å². The van der Waals surface area contributed by atoms with E-state index < -0.39 is 4.92 Å². The van der Waals surface area contributed by atoms with Crippen molar-refractivity contribution in [1.82, 2.24) is 4.98 Å². The Morgan fingerprint density at radius 1 is 1.17 bits per heavy atom. The van der Waals surface area contributed by atoms with E-state index in [1.807, 2.05) is 24.4 Å². The number of non-ortho nitro benzene ring substituents is 1. The van der Waals surface area contributed by atoms with Crippen LogP contribution in [0.2, 0.25) is 10.0 Å². The molecule has 0 bridgehead atoms. The Balaban J connectivity index is 1.73. The number of aromatic amines is 1. The average Bonchev–Trinajstić information content (AvgIpc) is 2.93. The number of nitro groups is 1. The smallest absolute Gasteiger partial charge is 0.272 e.